The smallest absolute Gasteiger partial charge is 0.238 e. The number of alkyl halides is 2. The van der Waals surface area contributed by atoms with Crippen LogP contribution in [-0.2, 0) is 4.79 Å². The lowest BCUT2D eigenvalue weighted by Crippen LogP contribution is -2.60. The summed E-state index contributed by atoms with van der Waals surface area (Å²) >= 11 is 0. The molecular weight excluding hydrogens is 326 g/mol. The number of halogens is 2. The Morgan fingerprint density at radius 3 is 2.44 bits per heavy atom. The highest BCUT2D eigenvalue weighted by molar-refractivity contribution is 5.82. The molecule has 5 nitrogen and oxygen atoms in total. The van der Waals surface area contributed by atoms with Gasteiger partial charge in [0, 0.05) is 6.42 Å². The Labute approximate surface area is 149 Å². The Morgan fingerprint density at radius 1 is 1.04 bits per heavy atom. The van der Waals surface area contributed by atoms with E-state index in [0.717, 1.165) is 38.8 Å². The average Bonchev–Trinajstić information content (AvgIpc) is 2.56. The molecule has 3 rings (SSSR count). The lowest BCUT2D eigenvalue weighted by Gasteiger charge is -2.36. The molecule has 2 heterocycles. The zero-order valence-corrected chi connectivity index (χ0v) is 15.1. The lowest BCUT2D eigenvalue weighted by atomic mass is 9.79. The first-order valence-electron chi connectivity index (χ1n) is 9.81. The van der Waals surface area contributed by atoms with E-state index in [-0.39, 0.29) is 36.6 Å². The molecule has 0 aromatic heterocycles. The van der Waals surface area contributed by atoms with Crippen molar-refractivity contribution in [3.63, 3.8) is 0 Å². The number of carbonyl (C=O) groups excluding carboxylic acids is 1. The summed E-state index contributed by atoms with van der Waals surface area (Å²) < 4.78 is 27.1. The second-order valence-corrected chi connectivity index (χ2v) is 8.10. The molecule has 6 atom stereocenters. The molecule has 144 valence electrons. The third kappa shape index (κ3) is 5.59. The fourth-order valence-electron chi connectivity index (χ4n) is 4.56. The van der Waals surface area contributed by atoms with Crippen LogP contribution in [0.15, 0.2) is 0 Å². The predicted octanol–water partition coefficient (Wildman–Crippen LogP) is 1.59. The van der Waals surface area contributed by atoms with E-state index in [0.29, 0.717) is 18.8 Å². The lowest BCUT2D eigenvalue weighted by molar-refractivity contribution is -0.125. The number of carbonyl (C=O) groups is 1. The highest BCUT2D eigenvalue weighted by Gasteiger charge is 2.32. The van der Waals surface area contributed by atoms with Gasteiger partial charge in [0.05, 0.1) is 18.4 Å². The maximum absolute atomic E-state index is 13.5. The quantitative estimate of drug-likeness (QED) is 0.616. The summed E-state index contributed by atoms with van der Waals surface area (Å²) in [5.74, 6) is 0.668. The van der Waals surface area contributed by atoms with E-state index in [9.17, 15) is 13.6 Å². The van der Waals surface area contributed by atoms with Crippen molar-refractivity contribution >= 4 is 5.91 Å². The predicted molar refractivity (Wildman–Crippen MR) is 93.4 cm³/mol. The summed E-state index contributed by atoms with van der Waals surface area (Å²) in [7, 11) is 0. The van der Waals surface area contributed by atoms with E-state index in [1.165, 1.54) is 0 Å². The second-order valence-electron chi connectivity index (χ2n) is 8.10. The SMILES string of the molecule is CC1NCCC(C(=O)NC2CCC(CC3CC(F)CC(F)C3)CN2)N1. The largest absolute Gasteiger partial charge is 0.339 e. The molecule has 0 aromatic rings. The van der Waals surface area contributed by atoms with Gasteiger partial charge in [0.2, 0.25) is 5.91 Å². The zero-order valence-electron chi connectivity index (χ0n) is 15.1. The number of piperidine rings is 1. The third-order valence-corrected chi connectivity index (χ3v) is 5.84. The highest BCUT2D eigenvalue weighted by atomic mass is 19.1. The Bertz CT molecular complexity index is 435. The van der Waals surface area contributed by atoms with Crippen LogP contribution in [0, 0.1) is 11.8 Å². The molecule has 0 bridgehead atoms. The van der Waals surface area contributed by atoms with Crippen LogP contribution in [0.25, 0.3) is 0 Å². The molecule has 3 aliphatic rings. The Kier molecular flexibility index (Phi) is 6.63. The minimum atomic E-state index is -0.975. The van der Waals surface area contributed by atoms with Crippen molar-refractivity contribution in [3.8, 4) is 0 Å². The van der Waals surface area contributed by atoms with Gasteiger partial charge in [0.25, 0.3) is 0 Å². The van der Waals surface area contributed by atoms with Crippen LogP contribution < -0.4 is 21.3 Å². The maximum Gasteiger partial charge on any atom is 0.238 e. The third-order valence-electron chi connectivity index (χ3n) is 5.84. The van der Waals surface area contributed by atoms with Gasteiger partial charge in [0.15, 0.2) is 0 Å². The van der Waals surface area contributed by atoms with Crippen LogP contribution in [0.2, 0.25) is 0 Å². The zero-order chi connectivity index (χ0) is 17.8. The first-order valence-corrected chi connectivity index (χ1v) is 9.81. The van der Waals surface area contributed by atoms with Gasteiger partial charge in [-0.1, -0.05) is 0 Å². The molecular formula is C18H32F2N4O. The van der Waals surface area contributed by atoms with Crippen molar-refractivity contribution in [2.75, 3.05) is 13.1 Å². The van der Waals surface area contributed by atoms with E-state index >= 15 is 0 Å². The number of amides is 1. The van der Waals surface area contributed by atoms with Gasteiger partial charge in [-0.2, -0.15) is 0 Å². The molecule has 0 radical (unpaired) electrons. The van der Waals surface area contributed by atoms with Gasteiger partial charge in [0.1, 0.15) is 12.3 Å². The fraction of sp³-hybridized carbons (Fsp3) is 0.944. The summed E-state index contributed by atoms with van der Waals surface area (Å²) in [6.45, 7) is 3.67. The number of nitrogens with one attached hydrogen (secondary N) is 4. The van der Waals surface area contributed by atoms with E-state index < -0.39 is 12.3 Å². The first-order chi connectivity index (χ1) is 12.0. The van der Waals surface area contributed by atoms with E-state index in [1.54, 1.807) is 0 Å². The highest BCUT2D eigenvalue weighted by Crippen LogP contribution is 2.34. The average molecular weight is 358 g/mol. The van der Waals surface area contributed by atoms with Gasteiger partial charge in [-0.3, -0.25) is 15.4 Å². The first kappa shape index (κ1) is 19.0. The Balaban J connectivity index is 1.37. The van der Waals surface area contributed by atoms with Crippen LogP contribution in [0.4, 0.5) is 8.78 Å². The number of hydrogen-bond donors (Lipinski definition) is 4. The fourth-order valence-corrected chi connectivity index (χ4v) is 4.56. The monoisotopic (exact) mass is 358 g/mol. The summed E-state index contributed by atoms with van der Waals surface area (Å²) in [6.07, 6.45) is 2.87. The molecule has 4 N–H and O–H groups in total. The molecule has 2 aliphatic heterocycles. The van der Waals surface area contributed by atoms with Gasteiger partial charge in [-0.15, -0.1) is 0 Å². The van der Waals surface area contributed by atoms with Crippen molar-refractivity contribution in [1.82, 2.24) is 21.3 Å². The molecule has 1 saturated carbocycles. The van der Waals surface area contributed by atoms with Crippen molar-refractivity contribution < 1.29 is 13.6 Å². The minimum absolute atomic E-state index is 0.00458. The molecule has 3 fully saturated rings. The molecule has 0 aromatic carbocycles. The van der Waals surface area contributed by atoms with Crippen molar-refractivity contribution in [3.05, 3.63) is 0 Å². The van der Waals surface area contributed by atoms with Crippen LogP contribution in [-0.4, -0.2) is 49.7 Å². The molecule has 0 spiro atoms. The molecule has 6 unspecified atom stereocenters. The molecule has 1 aliphatic carbocycles. The van der Waals surface area contributed by atoms with Crippen LogP contribution in [0.5, 0.6) is 0 Å². The summed E-state index contributed by atoms with van der Waals surface area (Å²) in [5, 5.41) is 13.0. The minimum Gasteiger partial charge on any atom is -0.339 e. The van der Waals surface area contributed by atoms with Crippen molar-refractivity contribution in [2.24, 2.45) is 11.8 Å². The molecule has 7 heteroatoms. The van der Waals surface area contributed by atoms with Gasteiger partial charge in [-0.25, -0.2) is 8.78 Å². The number of hydrogen-bond acceptors (Lipinski definition) is 4. The van der Waals surface area contributed by atoms with E-state index in [1.807, 2.05) is 6.92 Å². The standard InChI is InChI=1S/C18H32F2N4O/c1-11-21-5-4-16(23-11)18(25)24-17-3-2-12(10-22-17)6-13-7-14(19)9-15(20)8-13/h11-17,21-23H,2-10H2,1H3,(H,24,25). The molecule has 1 amide bonds. The Hall–Kier alpha value is -0.790. The maximum atomic E-state index is 13.5. The van der Waals surface area contributed by atoms with Crippen LogP contribution in [0.3, 0.4) is 0 Å². The number of rotatable bonds is 4. The topological polar surface area (TPSA) is 65.2 Å². The summed E-state index contributed by atoms with van der Waals surface area (Å²) in [5.41, 5.74) is 0. The van der Waals surface area contributed by atoms with Crippen LogP contribution in [0.1, 0.15) is 51.9 Å². The summed E-state index contributed by atoms with van der Waals surface area (Å²) in [4.78, 5) is 12.4. The van der Waals surface area contributed by atoms with Gasteiger partial charge < -0.3 is 10.6 Å². The Morgan fingerprint density at radius 2 is 1.80 bits per heavy atom. The normalized spacial score (nSPS) is 42.8. The molecule has 2 saturated heterocycles. The van der Waals surface area contributed by atoms with Crippen molar-refractivity contribution in [1.29, 1.82) is 0 Å². The van der Waals surface area contributed by atoms with Gasteiger partial charge in [-0.05, 0) is 70.4 Å². The second kappa shape index (κ2) is 8.73. The van der Waals surface area contributed by atoms with Crippen LogP contribution >= 0.6 is 0 Å². The van der Waals surface area contributed by atoms with Crippen molar-refractivity contribution in [2.45, 2.75) is 82.6 Å². The summed E-state index contributed by atoms with van der Waals surface area (Å²) in [6, 6.07) is -0.138. The molecule has 25 heavy (non-hydrogen) atoms. The van der Waals surface area contributed by atoms with Gasteiger partial charge >= 0.3 is 0 Å². The van der Waals surface area contributed by atoms with E-state index in [4.69, 9.17) is 0 Å². The van der Waals surface area contributed by atoms with E-state index in [2.05, 4.69) is 21.3 Å².